The monoisotopic (exact) mass is 276 g/mol. The maximum Gasteiger partial charge on any atom is 0.321 e. The summed E-state index contributed by atoms with van der Waals surface area (Å²) in [7, 11) is 0. The van der Waals surface area contributed by atoms with Gasteiger partial charge in [0.2, 0.25) is 0 Å². The molecule has 1 aliphatic heterocycles. The highest BCUT2D eigenvalue weighted by Crippen LogP contribution is 2.24. The average Bonchev–Trinajstić information content (AvgIpc) is 2.88. The zero-order valence-electron chi connectivity index (χ0n) is 12.5. The molecule has 0 aliphatic carbocycles. The maximum absolute atomic E-state index is 12.2. The summed E-state index contributed by atoms with van der Waals surface area (Å²) >= 11 is 0. The highest BCUT2D eigenvalue weighted by atomic mass is 16.3. The Bertz CT molecular complexity index is 471. The van der Waals surface area contributed by atoms with E-state index in [1.807, 2.05) is 29.2 Å². The van der Waals surface area contributed by atoms with Crippen LogP contribution in [0.2, 0.25) is 0 Å². The number of hydrogen-bond acceptors (Lipinski definition) is 2. The fourth-order valence-corrected chi connectivity index (χ4v) is 2.59. The third kappa shape index (κ3) is 3.51. The Morgan fingerprint density at radius 1 is 1.40 bits per heavy atom. The van der Waals surface area contributed by atoms with Gasteiger partial charge >= 0.3 is 6.03 Å². The number of carbonyl (C=O) groups is 1. The Labute approximate surface area is 120 Å². The minimum absolute atomic E-state index is 0.0455. The van der Waals surface area contributed by atoms with Crippen molar-refractivity contribution in [1.82, 2.24) is 4.90 Å². The number of amides is 2. The van der Waals surface area contributed by atoms with Gasteiger partial charge in [0.1, 0.15) is 0 Å². The van der Waals surface area contributed by atoms with E-state index in [2.05, 4.69) is 19.2 Å². The standard InChI is InChI=1S/C16H24N2O2/c1-11(2)14-7-8-18(10-14)16(20)17-15-6-4-5-13(9-15)12(3)19/h4-6,9,11-12,14,19H,7-8,10H2,1-3H3,(H,17,20). The van der Waals surface area contributed by atoms with Gasteiger partial charge < -0.3 is 15.3 Å². The van der Waals surface area contributed by atoms with Crippen LogP contribution in [0.1, 0.15) is 38.9 Å². The number of carbonyl (C=O) groups excluding carboxylic acids is 1. The molecule has 2 rings (SSSR count). The van der Waals surface area contributed by atoms with Crippen LogP contribution < -0.4 is 5.32 Å². The first-order chi connectivity index (χ1) is 9.47. The second-order valence-corrected chi connectivity index (χ2v) is 5.97. The lowest BCUT2D eigenvalue weighted by atomic mass is 9.95. The van der Waals surface area contributed by atoms with Crippen LogP contribution in [-0.4, -0.2) is 29.1 Å². The van der Waals surface area contributed by atoms with E-state index in [1.54, 1.807) is 6.92 Å². The van der Waals surface area contributed by atoms with E-state index in [4.69, 9.17) is 0 Å². The maximum atomic E-state index is 12.2. The number of aliphatic hydroxyl groups excluding tert-OH is 1. The first kappa shape index (κ1) is 14.9. The van der Waals surface area contributed by atoms with Gasteiger partial charge in [-0.25, -0.2) is 4.79 Å². The van der Waals surface area contributed by atoms with Crippen LogP contribution in [0, 0.1) is 11.8 Å². The summed E-state index contributed by atoms with van der Waals surface area (Å²) in [5, 5.41) is 12.5. The predicted molar refractivity (Wildman–Crippen MR) is 80.6 cm³/mol. The molecule has 0 spiro atoms. The Morgan fingerprint density at radius 3 is 2.75 bits per heavy atom. The minimum atomic E-state index is -0.524. The van der Waals surface area contributed by atoms with Crippen molar-refractivity contribution in [2.24, 2.45) is 11.8 Å². The van der Waals surface area contributed by atoms with Crippen molar-refractivity contribution < 1.29 is 9.90 Å². The van der Waals surface area contributed by atoms with Gasteiger partial charge in [0.05, 0.1) is 6.10 Å². The molecule has 0 saturated carbocycles. The van der Waals surface area contributed by atoms with Gasteiger partial charge in [-0.15, -0.1) is 0 Å². The first-order valence-electron chi connectivity index (χ1n) is 7.31. The van der Waals surface area contributed by atoms with E-state index in [1.165, 1.54) is 0 Å². The molecule has 2 atom stereocenters. The molecule has 0 radical (unpaired) electrons. The van der Waals surface area contributed by atoms with Crippen LogP contribution >= 0.6 is 0 Å². The lowest BCUT2D eigenvalue weighted by Gasteiger charge is -2.19. The largest absolute Gasteiger partial charge is 0.389 e. The molecule has 1 saturated heterocycles. The highest BCUT2D eigenvalue weighted by molar-refractivity contribution is 5.89. The summed E-state index contributed by atoms with van der Waals surface area (Å²) in [6, 6.07) is 7.32. The molecule has 110 valence electrons. The normalized spacial score (nSPS) is 20.2. The molecule has 2 N–H and O–H groups in total. The van der Waals surface area contributed by atoms with Gasteiger partial charge in [0, 0.05) is 18.8 Å². The molecule has 1 aromatic carbocycles. The van der Waals surface area contributed by atoms with Crippen LogP contribution in [0.25, 0.3) is 0 Å². The number of urea groups is 1. The molecule has 1 aromatic rings. The van der Waals surface area contributed by atoms with Crippen molar-refractivity contribution in [2.45, 2.75) is 33.3 Å². The van der Waals surface area contributed by atoms with Crippen LogP contribution in [-0.2, 0) is 0 Å². The molecule has 2 amide bonds. The first-order valence-corrected chi connectivity index (χ1v) is 7.31. The predicted octanol–water partition coefficient (Wildman–Crippen LogP) is 3.25. The van der Waals surface area contributed by atoms with Gasteiger partial charge in [-0.1, -0.05) is 26.0 Å². The smallest absolute Gasteiger partial charge is 0.321 e. The van der Waals surface area contributed by atoms with Gasteiger partial charge in [-0.05, 0) is 42.9 Å². The zero-order valence-corrected chi connectivity index (χ0v) is 12.5. The summed E-state index contributed by atoms with van der Waals surface area (Å²) in [6.07, 6.45) is 0.558. The number of anilines is 1. The van der Waals surface area contributed by atoms with Crippen LogP contribution in [0.5, 0.6) is 0 Å². The van der Waals surface area contributed by atoms with E-state index in [0.717, 1.165) is 30.8 Å². The molecule has 20 heavy (non-hydrogen) atoms. The molecular formula is C16H24N2O2. The van der Waals surface area contributed by atoms with Crippen molar-refractivity contribution >= 4 is 11.7 Å². The Morgan fingerprint density at radius 2 is 2.15 bits per heavy atom. The zero-order chi connectivity index (χ0) is 14.7. The van der Waals surface area contributed by atoms with Crippen molar-refractivity contribution in [2.75, 3.05) is 18.4 Å². The summed E-state index contributed by atoms with van der Waals surface area (Å²) in [4.78, 5) is 14.1. The summed E-state index contributed by atoms with van der Waals surface area (Å²) < 4.78 is 0. The Kier molecular flexibility index (Phi) is 4.65. The van der Waals surface area contributed by atoms with Crippen molar-refractivity contribution in [3.05, 3.63) is 29.8 Å². The number of aliphatic hydroxyl groups is 1. The number of nitrogens with zero attached hydrogens (tertiary/aromatic N) is 1. The third-order valence-corrected chi connectivity index (χ3v) is 4.08. The lowest BCUT2D eigenvalue weighted by molar-refractivity contribution is 0.199. The second kappa shape index (κ2) is 6.27. The average molecular weight is 276 g/mol. The molecule has 4 nitrogen and oxygen atoms in total. The van der Waals surface area contributed by atoms with Gasteiger partial charge in [0.15, 0.2) is 0 Å². The van der Waals surface area contributed by atoms with E-state index in [9.17, 15) is 9.90 Å². The van der Waals surface area contributed by atoms with E-state index in [0.29, 0.717) is 11.8 Å². The van der Waals surface area contributed by atoms with Crippen LogP contribution in [0.3, 0.4) is 0 Å². The van der Waals surface area contributed by atoms with E-state index < -0.39 is 6.10 Å². The summed E-state index contributed by atoms with van der Waals surface area (Å²) in [6.45, 7) is 7.79. The van der Waals surface area contributed by atoms with Crippen molar-refractivity contribution in [3.63, 3.8) is 0 Å². The Hall–Kier alpha value is -1.55. The number of likely N-dealkylation sites (tertiary alicyclic amines) is 1. The third-order valence-electron chi connectivity index (χ3n) is 4.08. The highest BCUT2D eigenvalue weighted by Gasteiger charge is 2.28. The fraction of sp³-hybridized carbons (Fsp3) is 0.562. The van der Waals surface area contributed by atoms with E-state index >= 15 is 0 Å². The number of benzene rings is 1. The summed E-state index contributed by atoms with van der Waals surface area (Å²) in [5.74, 6) is 1.22. The molecule has 2 unspecified atom stereocenters. The Balaban J connectivity index is 1.97. The minimum Gasteiger partial charge on any atom is -0.389 e. The molecule has 0 aromatic heterocycles. The van der Waals surface area contributed by atoms with Crippen LogP contribution in [0.4, 0.5) is 10.5 Å². The SMILES string of the molecule is CC(O)c1cccc(NC(=O)N2CCC(C(C)C)C2)c1. The quantitative estimate of drug-likeness (QED) is 0.890. The molecule has 4 heteroatoms. The number of nitrogens with one attached hydrogen (secondary N) is 1. The topological polar surface area (TPSA) is 52.6 Å². The molecule has 1 heterocycles. The molecule has 0 bridgehead atoms. The molecule has 1 aliphatic rings. The number of rotatable bonds is 3. The van der Waals surface area contributed by atoms with E-state index in [-0.39, 0.29) is 6.03 Å². The summed E-state index contributed by atoms with van der Waals surface area (Å²) in [5.41, 5.74) is 1.55. The van der Waals surface area contributed by atoms with Crippen molar-refractivity contribution in [1.29, 1.82) is 0 Å². The second-order valence-electron chi connectivity index (χ2n) is 5.97. The van der Waals surface area contributed by atoms with Gasteiger partial charge in [-0.2, -0.15) is 0 Å². The van der Waals surface area contributed by atoms with Crippen LogP contribution in [0.15, 0.2) is 24.3 Å². The van der Waals surface area contributed by atoms with Gasteiger partial charge in [0.25, 0.3) is 0 Å². The molecule has 1 fully saturated rings. The molecular weight excluding hydrogens is 252 g/mol. The number of hydrogen-bond donors (Lipinski definition) is 2. The fourth-order valence-electron chi connectivity index (χ4n) is 2.59. The van der Waals surface area contributed by atoms with Crippen molar-refractivity contribution in [3.8, 4) is 0 Å². The lowest BCUT2D eigenvalue weighted by Crippen LogP contribution is -2.33. The van der Waals surface area contributed by atoms with Gasteiger partial charge in [-0.3, -0.25) is 0 Å².